The number of rotatable bonds is 2. The molecule has 0 heterocycles. The molecule has 0 aromatic heterocycles. The third kappa shape index (κ3) is 4.65. The van der Waals surface area contributed by atoms with Crippen LogP contribution in [-0.4, -0.2) is 14.7 Å². The lowest BCUT2D eigenvalue weighted by molar-refractivity contribution is 0.268. The van der Waals surface area contributed by atoms with Gasteiger partial charge in [0, 0.05) is 0 Å². The molecule has 0 saturated carbocycles. The van der Waals surface area contributed by atoms with Crippen molar-refractivity contribution in [3.8, 4) is 5.81 Å². The summed E-state index contributed by atoms with van der Waals surface area (Å²) in [5, 5.41) is 7.73. The first kappa shape index (κ1) is 9.79. The molecule has 1 atom stereocenters. The van der Waals surface area contributed by atoms with Gasteiger partial charge in [-0.3, -0.25) is 0 Å². The van der Waals surface area contributed by atoms with Crippen LogP contribution >= 0.6 is 15.4 Å². The van der Waals surface area contributed by atoms with E-state index in [1.165, 1.54) is 0 Å². The van der Waals surface area contributed by atoms with Gasteiger partial charge in [0.25, 0.3) is 0 Å². The third-order valence-corrected chi connectivity index (χ3v) is 2.33. The van der Waals surface area contributed by atoms with Gasteiger partial charge in [-0.1, -0.05) is 0 Å². The smallest absolute Gasteiger partial charge is 0.313 e. The van der Waals surface area contributed by atoms with Crippen LogP contribution in [-0.2, 0) is 13.4 Å². The molecule has 10 heavy (non-hydrogen) atoms. The molecule has 58 valence electrons. The average molecular weight is 187 g/mol. The molecule has 0 amide bonds. The van der Waals surface area contributed by atoms with Gasteiger partial charge in [-0.05, 0) is 0 Å². The van der Waals surface area contributed by atoms with Crippen molar-refractivity contribution in [2.45, 2.75) is 0 Å². The van der Waals surface area contributed by atoms with Crippen molar-refractivity contribution in [3.63, 3.8) is 0 Å². The lowest BCUT2D eigenvalue weighted by Crippen LogP contribution is -1.83. The Labute approximate surface area is 55.6 Å². The van der Waals surface area contributed by atoms with Crippen LogP contribution in [0.2, 0.25) is 0 Å². The number of phosphoric acid groups is 1. The largest absolute Gasteiger partial charge is 0.477 e. The molecular formula is CH3NO6P2. The quantitative estimate of drug-likeness (QED) is 0.508. The Kier molecular flexibility index (Phi) is 2.75. The van der Waals surface area contributed by atoms with Gasteiger partial charge in [0.2, 0.25) is 0 Å². The van der Waals surface area contributed by atoms with Gasteiger partial charge in [-0.2, -0.15) is 9.57 Å². The van der Waals surface area contributed by atoms with Gasteiger partial charge in [0.1, 0.15) is 0 Å². The van der Waals surface area contributed by atoms with E-state index in [1.54, 1.807) is 0 Å². The second-order valence-electron chi connectivity index (χ2n) is 1.19. The van der Waals surface area contributed by atoms with Gasteiger partial charge in [-0.15, -0.1) is 0 Å². The zero-order valence-electron chi connectivity index (χ0n) is 4.41. The first-order valence-corrected chi connectivity index (χ1v) is 4.89. The topological polar surface area (TPSA) is 128 Å². The Hall–Kier alpha value is -0.210. The fourth-order valence-electron chi connectivity index (χ4n) is 0.162. The molecule has 0 rings (SSSR count). The number of nitrogens with zero attached hydrogens (tertiary/aromatic N) is 1. The molecule has 0 bridgehead atoms. The summed E-state index contributed by atoms with van der Waals surface area (Å²) in [5.74, 6) is 0.695. The molecule has 1 unspecified atom stereocenters. The molecule has 0 aromatic carbocycles. The van der Waals surface area contributed by atoms with Crippen molar-refractivity contribution in [3.05, 3.63) is 0 Å². The number of nitriles is 1. The van der Waals surface area contributed by atoms with Crippen molar-refractivity contribution in [1.82, 2.24) is 0 Å². The minimum atomic E-state index is -5.04. The van der Waals surface area contributed by atoms with E-state index in [0.29, 0.717) is 5.81 Å². The SMILES string of the molecule is N#CP(=O)(O)OP(=O)(O)O. The minimum Gasteiger partial charge on any atom is -0.313 e. The van der Waals surface area contributed by atoms with E-state index in [4.69, 9.17) is 19.9 Å². The van der Waals surface area contributed by atoms with Crippen LogP contribution in [0.4, 0.5) is 0 Å². The van der Waals surface area contributed by atoms with Gasteiger partial charge in [0.05, 0.1) is 0 Å². The van der Waals surface area contributed by atoms with Gasteiger partial charge >= 0.3 is 15.4 Å². The van der Waals surface area contributed by atoms with E-state index in [-0.39, 0.29) is 0 Å². The van der Waals surface area contributed by atoms with Crippen LogP contribution in [0, 0.1) is 11.1 Å². The maximum Gasteiger partial charge on any atom is 0.477 e. The normalized spacial score (nSPS) is 17.4. The Morgan fingerprint density at radius 3 is 1.80 bits per heavy atom. The number of hydrogen-bond acceptors (Lipinski definition) is 4. The first-order valence-electron chi connectivity index (χ1n) is 1.78. The Morgan fingerprint density at radius 1 is 1.30 bits per heavy atom. The molecular weight excluding hydrogens is 184 g/mol. The molecule has 0 fully saturated rings. The maximum atomic E-state index is 10.1. The first-order chi connectivity index (χ1) is 4.27. The summed E-state index contributed by atoms with van der Waals surface area (Å²) in [6, 6.07) is 0. The fourth-order valence-corrected chi connectivity index (χ4v) is 1.46. The zero-order chi connectivity index (χ0) is 8.41. The molecule has 0 radical (unpaired) electrons. The maximum absolute atomic E-state index is 10.1. The molecule has 9 heteroatoms. The van der Waals surface area contributed by atoms with E-state index in [0.717, 1.165) is 0 Å². The summed E-state index contributed by atoms with van der Waals surface area (Å²) >= 11 is 0. The van der Waals surface area contributed by atoms with Crippen molar-refractivity contribution < 1.29 is 28.1 Å². The molecule has 0 spiro atoms. The summed E-state index contributed by atoms with van der Waals surface area (Å²) in [5.41, 5.74) is 0. The lowest BCUT2D eigenvalue weighted by atomic mass is 11.8. The van der Waals surface area contributed by atoms with E-state index < -0.39 is 15.4 Å². The summed E-state index contributed by atoms with van der Waals surface area (Å²) < 4.78 is 23.1. The van der Waals surface area contributed by atoms with Crippen molar-refractivity contribution in [2.24, 2.45) is 0 Å². The second kappa shape index (κ2) is 2.81. The summed E-state index contributed by atoms with van der Waals surface area (Å²) in [6.45, 7) is 0. The molecule has 7 nitrogen and oxygen atoms in total. The van der Waals surface area contributed by atoms with Crippen molar-refractivity contribution >= 4 is 15.4 Å². The monoisotopic (exact) mass is 187 g/mol. The van der Waals surface area contributed by atoms with Crippen LogP contribution in [0.3, 0.4) is 0 Å². The molecule has 0 aromatic rings. The fraction of sp³-hybridized carbons (Fsp3) is 0. The highest BCUT2D eigenvalue weighted by atomic mass is 31.3. The van der Waals surface area contributed by atoms with Crippen LogP contribution in [0.1, 0.15) is 0 Å². The van der Waals surface area contributed by atoms with Gasteiger partial charge < -0.3 is 14.7 Å². The molecule has 3 N–H and O–H groups in total. The average Bonchev–Trinajstić information content (AvgIpc) is 1.60. The second-order valence-corrected chi connectivity index (χ2v) is 4.07. The minimum absolute atomic E-state index is 0.695. The molecule has 0 saturated heterocycles. The van der Waals surface area contributed by atoms with Crippen LogP contribution < -0.4 is 0 Å². The molecule has 0 aliphatic heterocycles. The predicted molar refractivity (Wildman–Crippen MR) is 28.6 cm³/mol. The predicted octanol–water partition coefficient (Wildman–Crippen LogP) is -0.238. The van der Waals surface area contributed by atoms with Crippen molar-refractivity contribution in [1.29, 1.82) is 5.26 Å². The lowest BCUT2D eigenvalue weighted by Gasteiger charge is -2.03. The Bertz CT molecular complexity index is 245. The van der Waals surface area contributed by atoms with E-state index in [1.807, 2.05) is 0 Å². The van der Waals surface area contributed by atoms with Gasteiger partial charge in [-0.25, -0.2) is 9.13 Å². The highest BCUT2D eigenvalue weighted by molar-refractivity contribution is 7.66. The summed E-state index contributed by atoms with van der Waals surface area (Å²) in [7, 11) is -9.79. The van der Waals surface area contributed by atoms with Gasteiger partial charge in [0.15, 0.2) is 5.81 Å². The summed E-state index contributed by atoms with van der Waals surface area (Å²) in [4.78, 5) is 23.9. The Balaban J connectivity index is 4.36. The highest BCUT2D eigenvalue weighted by Crippen LogP contribution is 2.55. The third-order valence-electron chi connectivity index (χ3n) is 0.343. The standard InChI is InChI=1S/CH3NO6P2/c2-1-9(3,4)8-10(5,6)7/h(H,3,4)(H2,5,6,7). The number of hydrogen-bond donors (Lipinski definition) is 3. The molecule has 0 aliphatic rings. The van der Waals surface area contributed by atoms with E-state index in [2.05, 4.69) is 4.31 Å². The van der Waals surface area contributed by atoms with Crippen LogP contribution in [0.15, 0.2) is 0 Å². The van der Waals surface area contributed by atoms with Crippen LogP contribution in [0.5, 0.6) is 0 Å². The van der Waals surface area contributed by atoms with Crippen molar-refractivity contribution in [2.75, 3.05) is 0 Å². The zero-order valence-corrected chi connectivity index (χ0v) is 6.20. The summed E-state index contributed by atoms with van der Waals surface area (Å²) in [6.07, 6.45) is 0. The van der Waals surface area contributed by atoms with E-state index >= 15 is 0 Å². The molecule has 0 aliphatic carbocycles. The Morgan fingerprint density at radius 2 is 1.70 bits per heavy atom. The van der Waals surface area contributed by atoms with Crippen LogP contribution in [0.25, 0.3) is 0 Å². The van der Waals surface area contributed by atoms with E-state index in [9.17, 15) is 9.13 Å². The highest BCUT2D eigenvalue weighted by Gasteiger charge is 2.30.